The van der Waals surface area contributed by atoms with Crippen LogP contribution in [0.2, 0.25) is 0 Å². The maximum Gasteiger partial charge on any atom is 0.325 e. The number of benzene rings is 3. The number of fused-ring (bicyclic) bond motifs is 1. The summed E-state index contributed by atoms with van der Waals surface area (Å²) in [6, 6.07) is 20.4. The molecule has 1 aliphatic carbocycles. The Hall–Kier alpha value is -3.87. The molecule has 36 heavy (non-hydrogen) atoms. The van der Waals surface area contributed by atoms with Gasteiger partial charge in [0, 0.05) is 11.7 Å². The van der Waals surface area contributed by atoms with Crippen LogP contribution >= 0.6 is 0 Å². The quantitative estimate of drug-likeness (QED) is 0.500. The molecule has 1 heterocycles. The van der Waals surface area contributed by atoms with E-state index < -0.39 is 17.5 Å². The Bertz CT molecular complexity index is 1300. The fourth-order valence-electron chi connectivity index (χ4n) is 5.40. The molecule has 3 aromatic rings. The van der Waals surface area contributed by atoms with Gasteiger partial charge in [-0.05, 0) is 66.4 Å². The molecule has 7 heteroatoms. The molecule has 7 nitrogen and oxygen atoms in total. The fraction of sp³-hybridized carbons (Fsp3) is 0.345. The molecule has 1 N–H and O–H groups in total. The van der Waals surface area contributed by atoms with Gasteiger partial charge in [0.2, 0.25) is 5.91 Å². The van der Waals surface area contributed by atoms with Crippen LogP contribution in [0.5, 0.6) is 5.75 Å². The number of hydrogen-bond donors (Lipinski definition) is 1. The Morgan fingerprint density at radius 3 is 2.42 bits per heavy atom. The largest absolute Gasteiger partial charge is 0.497 e. The minimum Gasteiger partial charge on any atom is -0.497 e. The molecule has 0 radical (unpaired) electrons. The third-order valence-electron chi connectivity index (χ3n) is 7.44. The molecule has 0 bridgehead atoms. The van der Waals surface area contributed by atoms with Crippen molar-refractivity contribution in [3.63, 3.8) is 0 Å². The summed E-state index contributed by atoms with van der Waals surface area (Å²) in [4.78, 5) is 43.1. The highest BCUT2D eigenvalue weighted by atomic mass is 16.5. The summed E-state index contributed by atoms with van der Waals surface area (Å²) in [6.07, 6.45) is 5.13. The van der Waals surface area contributed by atoms with Gasteiger partial charge in [-0.25, -0.2) is 4.79 Å². The SMILES string of the molecule is COc1ccc2cc(C3(C)NC(=O)N(CC(=O)N(c4ccccc4)C4CCCCC4)C3=O)ccc2c1. The van der Waals surface area contributed by atoms with Gasteiger partial charge in [-0.15, -0.1) is 0 Å². The number of para-hydroxylation sites is 1. The Kier molecular flexibility index (Phi) is 6.39. The number of anilines is 1. The van der Waals surface area contributed by atoms with E-state index in [9.17, 15) is 14.4 Å². The Morgan fingerprint density at radius 1 is 1.00 bits per heavy atom. The normalized spacial score (nSPS) is 20.4. The average molecular weight is 486 g/mol. The monoisotopic (exact) mass is 485 g/mol. The molecule has 0 aromatic heterocycles. The molecule has 186 valence electrons. The van der Waals surface area contributed by atoms with Crippen LogP contribution in [-0.4, -0.2) is 42.4 Å². The highest BCUT2D eigenvalue weighted by Crippen LogP contribution is 2.33. The molecule has 1 saturated heterocycles. The lowest BCUT2D eigenvalue weighted by Crippen LogP contribution is -2.48. The van der Waals surface area contributed by atoms with Crippen molar-refractivity contribution in [2.24, 2.45) is 0 Å². The number of carbonyl (C=O) groups is 3. The Balaban J connectivity index is 1.40. The van der Waals surface area contributed by atoms with E-state index in [-0.39, 0.29) is 18.5 Å². The number of hydrogen-bond acceptors (Lipinski definition) is 4. The summed E-state index contributed by atoms with van der Waals surface area (Å²) in [5, 5.41) is 4.74. The molecule has 2 fully saturated rings. The van der Waals surface area contributed by atoms with Crippen LogP contribution in [-0.2, 0) is 15.1 Å². The van der Waals surface area contributed by atoms with Crippen LogP contribution in [0.4, 0.5) is 10.5 Å². The van der Waals surface area contributed by atoms with Gasteiger partial charge < -0.3 is 15.0 Å². The van der Waals surface area contributed by atoms with E-state index in [1.54, 1.807) is 18.9 Å². The zero-order valence-electron chi connectivity index (χ0n) is 20.7. The first-order valence-corrected chi connectivity index (χ1v) is 12.5. The van der Waals surface area contributed by atoms with Gasteiger partial charge in [-0.1, -0.05) is 55.7 Å². The van der Waals surface area contributed by atoms with Crippen molar-refractivity contribution >= 4 is 34.3 Å². The molecule has 1 unspecified atom stereocenters. The first-order valence-electron chi connectivity index (χ1n) is 12.5. The zero-order valence-corrected chi connectivity index (χ0v) is 20.7. The first-order chi connectivity index (χ1) is 17.4. The summed E-state index contributed by atoms with van der Waals surface area (Å²) in [6.45, 7) is 1.40. The van der Waals surface area contributed by atoms with Gasteiger partial charge in [0.15, 0.2) is 0 Å². The maximum absolute atomic E-state index is 13.6. The minimum absolute atomic E-state index is 0.0679. The first kappa shape index (κ1) is 23.9. The lowest BCUT2D eigenvalue weighted by molar-refractivity contribution is -0.134. The standard InChI is InChI=1S/C29H31N3O4/c1-29(22-15-13-21-18-25(36-2)16-14-20(21)17-22)27(34)31(28(35)30-29)19-26(33)32(23-9-5-3-6-10-23)24-11-7-4-8-12-24/h3,5-6,9-10,13-18,24H,4,7-8,11-12,19H2,1-2H3,(H,30,35). The number of imide groups is 1. The topological polar surface area (TPSA) is 79.0 Å². The molecule has 4 amide bonds. The van der Waals surface area contributed by atoms with Crippen LogP contribution in [0.25, 0.3) is 10.8 Å². The second-order valence-electron chi connectivity index (χ2n) is 9.77. The van der Waals surface area contributed by atoms with E-state index in [1.165, 1.54) is 0 Å². The van der Waals surface area contributed by atoms with Crippen molar-refractivity contribution in [2.45, 2.75) is 50.6 Å². The summed E-state index contributed by atoms with van der Waals surface area (Å²) >= 11 is 0. The molecule has 1 aliphatic heterocycles. The van der Waals surface area contributed by atoms with Gasteiger partial charge in [0.25, 0.3) is 5.91 Å². The molecule has 1 atom stereocenters. The van der Waals surface area contributed by atoms with Crippen LogP contribution < -0.4 is 15.0 Å². The van der Waals surface area contributed by atoms with E-state index in [0.717, 1.165) is 59.2 Å². The predicted octanol–water partition coefficient (Wildman–Crippen LogP) is 4.98. The molecular weight excluding hydrogens is 454 g/mol. The lowest BCUT2D eigenvalue weighted by Gasteiger charge is -2.35. The second-order valence-corrected chi connectivity index (χ2v) is 9.77. The van der Waals surface area contributed by atoms with E-state index in [1.807, 2.05) is 66.7 Å². The van der Waals surface area contributed by atoms with Crippen LogP contribution in [0.3, 0.4) is 0 Å². The number of methoxy groups -OCH3 is 1. The summed E-state index contributed by atoms with van der Waals surface area (Å²) in [7, 11) is 1.62. The molecule has 3 aromatic carbocycles. The minimum atomic E-state index is -1.26. The highest BCUT2D eigenvalue weighted by molar-refractivity contribution is 6.11. The van der Waals surface area contributed by atoms with Crippen molar-refractivity contribution in [3.05, 3.63) is 72.3 Å². The lowest BCUT2D eigenvalue weighted by atomic mass is 9.90. The van der Waals surface area contributed by atoms with E-state index in [2.05, 4.69) is 5.32 Å². The number of rotatable bonds is 6. The van der Waals surface area contributed by atoms with Crippen LogP contribution in [0.15, 0.2) is 66.7 Å². The average Bonchev–Trinajstić information content (AvgIpc) is 3.13. The number of nitrogens with one attached hydrogen (secondary N) is 1. The third-order valence-corrected chi connectivity index (χ3v) is 7.44. The maximum atomic E-state index is 13.6. The molecule has 5 rings (SSSR count). The van der Waals surface area contributed by atoms with Crippen molar-refractivity contribution in [1.82, 2.24) is 10.2 Å². The van der Waals surface area contributed by atoms with Crippen LogP contribution in [0, 0.1) is 0 Å². The van der Waals surface area contributed by atoms with E-state index >= 15 is 0 Å². The summed E-state index contributed by atoms with van der Waals surface area (Å²) in [5.41, 5.74) is 0.211. The van der Waals surface area contributed by atoms with Crippen molar-refractivity contribution in [1.29, 1.82) is 0 Å². The van der Waals surface area contributed by atoms with Gasteiger partial charge in [0.1, 0.15) is 17.8 Å². The zero-order chi connectivity index (χ0) is 25.3. The van der Waals surface area contributed by atoms with Gasteiger partial charge >= 0.3 is 6.03 Å². The number of amides is 4. The predicted molar refractivity (Wildman–Crippen MR) is 139 cm³/mol. The molecule has 1 saturated carbocycles. The number of urea groups is 1. The number of carbonyl (C=O) groups excluding carboxylic acids is 3. The number of nitrogens with zero attached hydrogens (tertiary/aromatic N) is 2. The summed E-state index contributed by atoms with van der Waals surface area (Å²) in [5.74, 6) is 0.0779. The fourth-order valence-corrected chi connectivity index (χ4v) is 5.40. The molecule has 2 aliphatic rings. The molecule has 0 spiro atoms. The van der Waals surface area contributed by atoms with Gasteiger partial charge in [0.05, 0.1) is 7.11 Å². The highest BCUT2D eigenvalue weighted by Gasteiger charge is 2.50. The van der Waals surface area contributed by atoms with E-state index in [0.29, 0.717) is 5.56 Å². The van der Waals surface area contributed by atoms with Crippen molar-refractivity contribution in [3.8, 4) is 5.75 Å². The second kappa shape index (κ2) is 9.64. The van der Waals surface area contributed by atoms with Crippen LogP contribution in [0.1, 0.15) is 44.6 Å². The van der Waals surface area contributed by atoms with Gasteiger partial charge in [-0.3, -0.25) is 14.5 Å². The third kappa shape index (κ3) is 4.30. The van der Waals surface area contributed by atoms with Crippen molar-refractivity contribution in [2.75, 3.05) is 18.6 Å². The van der Waals surface area contributed by atoms with Crippen molar-refractivity contribution < 1.29 is 19.1 Å². The Morgan fingerprint density at radius 2 is 1.69 bits per heavy atom. The molecular formula is C29H31N3O4. The van der Waals surface area contributed by atoms with Gasteiger partial charge in [-0.2, -0.15) is 0 Å². The smallest absolute Gasteiger partial charge is 0.325 e. The summed E-state index contributed by atoms with van der Waals surface area (Å²) < 4.78 is 5.30. The number of ether oxygens (including phenoxy) is 1. The Labute approximate surface area is 211 Å². The van der Waals surface area contributed by atoms with E-state index in [4.69, 9.17) is 4.74 Å².